The van der Waals surface area contributed by atoms with Gasteiger partial charge in [0.2, 0.25) is 0 Å². The Morgan fingerprint density at radius 3 is 2.94 bits per heavy atom. The first-order valence-corrected chi connectivity index (χ1v) is 6.37. The predicted molar refractivity (Wildman–Crippen MR) is 71.7 cm³/mol. The number of aryl methyl sites for hydroxylation is 1. The van der Waals surface area contributed by atoms with Crippen molar-refractivity contribution in [3.63, 3.8) is 0 Å². The fraction of sp³-hybridized carbons (Fsp3) is 0.182. The Labute approximate surface area is 113 Å². The van der Waals surface area contributed by atoms with Crippen molar-refractivity contribution in [2.75, 3.05) is 5.73 Å². The zero-order chi connectivity index (χ0) is 13.1. The first-order valence-electron chi connectivity index (χ1n) is 5.18. The van der Waals surface area contributed by atoms with Crippen molar-refractivity contribution in [2.24, 2.45) is 0 Å². The highest BCUT2D eigenvalue weighted by molar-refractivity contribution is 7.17. The molecule has 0 radical (unpaired) electrons. The number of rotatable bonds is 3. The fourth-order valence-corrected chi connectivity index (χ4v) is 2.31. The molecule has 3 N–H and O–H groups in total. The van der Waals surface area contributed by atoms with Crippen LogP contribution in [0.1, 0.15) is 21.1 Å². The zero-order valence-corrected chi connectivity index (χ0v) is 11.2. The number of carbonyl (C=O) groups excluding carboxylic acids is 1. The minimum Gasteiger partial charge on any atom is -0.383 e. The average molecular weight is 283 g/mol. The highest BCUT2D eigenvalue weighted by atomic mass is 35.5. The number of hydrogen-bond acceptors (Lipinski definition) is 5. The van der Waals surface area contributed by atoms with Crippen LogP contribution in [0.25, 0.3) is 0 Å². The van der Waals surface area contributed by atoms with Gasteiger partial charge in [-0.1, -0.05) is 11.6 Å². The van der Waals surface area contributed by atoms with E-state index in [4.69, 9.17) is 17.3 Å². The van der Waals surface area contributed by atoms with Gasteiger partial charge >= 0.3 is 0 Å². The molecule has 0 aromatic carbocycles. The largest absolute Gasteiger partial charge is 0.383 e. The summed E-state index contributed by atoms with van der Waals surface area (Å²) in [5.41, 5.74) is 6.42. The Balaban J connectivity index is 2.01. The van der Waals surface area contributed by atoms with Crippen molar-refractivity contribution in [3.8, 4) is 0 Å². The van der Waals surface area contributed by atoms with Crippen LogP contribution < -0.4 is 11.1 Å². The molecule has 0 aliphatic rings. The lowest BCUT2D eigenvalue weighted by Gasteiger charge is -2.06. The molecule has 0 unspecified atom stereocenters. The summed E-state index contributed by atoms with van der Waals surface area (Å²) in [4.78, 5) is 20.4. The molecule has 2 rings (SSSR count). The molecule has 2 heterocycles. The van der Waals surface area contributed by atoms with E-state index in [2.05, 4.69) is 15.3 Å². The van der Waals surface area contributed by atoms with E-state index in [1.165, 1.54) is 11.3 Å². The molecule has 2 aromatic heterocycles. The van der Waals surface area contributed by atoms with E-state index < -0.39 is 0 Å². The van der Waals surface area contributed by atoms with Gasteiger partial charge in [0.1, 0.15) is 11.6 Å². The summed E-state index contributed by atoms with van der Waals surface area (Å²) < 4.78 is 0.582. The Morgan fingerprint density at radius 2 is 2.33 bits per heavy atom. The number of amides is 1. The van der Waals surface area contributed by atoms with Crippen molar-refractivity contribution < 1.29 is 4.79 Å². The van der Waals surface area contributed by atoms with Gasteiger partial charge in [0.15, 0.2) is 0 Å². The van der Waals surface area contributed by atoms with Gasteiger partial charge in [-0.25, -0.2) is 9.97 Å². The number of hydrogen-bond donors (Lipinski definition) is 2. The maximum atomic E-state index is 11.8. The molecule has 0 aliphatic carbocycles. The van der Waals surface area contributed by atoms with Crippen LogP contribution in [0.5, 0.6) is 0 Å². The van der Waals surface area contributed by atoms with Crippen LogP contribution in [0, 0.1) is 6.92 Å². The van der Waals surface area contributed by atoms with E-state index in [0.29, 0.717) is 33.0 Å². The third kappa shape index (κ3) is 2.96. The number of carbonyl (C=O) groups is 1. The molecule has 0 saturated carbocycles. The minimum atomic E-state index is -0.188. The lowest BCUT2D eigenvalue weighted by molar-refractivity contribution is 0.0955. The second kappa shape index (κ2) is 5.32. The summed E-state index contributed by atoms with van der Waals surface area (Å²) in [7, 11) is 0. The number of nitrogen functional groups attached to an aromatic ring is 1. The SMILES string of the molecule is Cc1ncc(CNC(=O)c2ccc(Cl)s2)c(N)n1. The maximum Gasteiger partial charge on any atom is 0.261 e. The second-order valence-corrected chi connectivity index (χ2v) is 5.33. The standard InChI is InChI=1S/C11H11ClN4OS/c1-6-14-4-7(10(13)16-6)5-15-11(17)8-2-3-9(12)18-8/h2-4H,5H2,1H3,(H,15,17)(H2,13,14,16). The number of nitrogens with two attached hydrogens (primary N) is 1. The van der Waals surface area contributed by atoms with Gasteiger partial charge in [-0.05, 0) is 19.1 Å². The van der Waals surface area contributed by atoms with Gasteiger partial charge in [-0.3, -0.25) is 4.79 Å². The summed E-state index contributed by atoms with van der Waals surface area (Å²) >= 11 is 6.99. The van der Waals surface area contributed by atoms with E-state index in [1.807, 2.05) is 0 Å². The molecule has 0 aliphatic heterocycles. The van der Waals surface area contributed by atoms with Gasteiger partial charge in [-0.2, -0.15) is 0 Å². The number of thiophene rings is 1. The first-order chi connectivity index (χ1) is 8.56. The van der Waals surface area contributed by atoms with Crippen LogP contribution >= 0.6 is 22.9 Å². The van der Waals surface area contributed by atoms with E-state index in [1.54, 1.807) is 25.3 Å². The van der Waals surface area contributed by atoms with E-state index in [9.17, 15) is 4.79 Å². The van der Waals surface area contributed by atoms with Crippen molar-refractivity contribution in [3.05, 3.63) is 38.9 Å². The Hall–Kier alpha value is -1.66. The molecule has 0 bridgehead atoms. The predicted octanol–water partition coefficient (Wildman–Crippen LogP) is 2.01. The van der Waals surface area contributed by atoms with Crippen molar-refractivity contribution in [1.82, 2.24) is 15.3 Å². The lowest BCUT2D eigenvalue weighted by Crippen LogP contribution is -2.22. The Bertz CT molecular complexity index is 584. The number of nitrogens with zero attached hydrogens (tertiary/aromatic N) is 2. The Morgan fingerprint density at radius 1 is 1.56 bits per heavy atom. The van der Waals surface area contributed by atoms with Gasteiger partial charge in [0.25, 0.3) is 5.91 Å². The lowest BCUT2D eigenvalue weighted by atomic mass is 10.3. The summed E-state index contributed by atoms with van der Waals surface area (Å²) in [6.07, 6.45) is 1.61. The summed E-state index contributed by atoms with van der Waals surface area (Å²) in [6, 6.07) is 3.36. The van der Waals surface area contributed by atoms with Crippen LogP contribution in [0.15, 0.2) is 18.3 Å². The smallest absolute Gasteiger partial charge is 0.261 e. The van der Waals surface area contributed by atoms with Gasteiger partial charge in [0.05, 0.1) is 9.21 Å². The number of halogens is 1. The molecule has 0 atom stereocenters. The quantitative estimate of drug-likeness (QED) is 0.902. The zero-order valence-electron chi connectivity index (χ0n) is 9.61. The fourth-order valence-electron chi connectivity index (χ4n) is 1.35. The normalized spacial score (nSPS) is 10.3. The summed E-state index contributed by atoms with van der Waals surface area (Å²) in [6.45, 7) is 2.05. The van der Waals surface area contributed by atoms with Crippen molar-refractivity contribution in [2.45, 2.75) is 13.5 Å². The first kappa shape index (κ1) is 12.8. The van der Waals surface area contributed by atoms with E-state index in [0.717, 1.165) is 0 Å². The molecule has 0 spiro atoms. The molecular formula is C11H11ClN4OS. The summed E-state index contributed by atoms with van der Waals surface area (Å²) in [5, 5.41) is 2.74. The van der Waals surface area contributed by atoms with Crippen LogP contribution in [-0.4, -0.2) is 15.9 Å². The van der Waals surface area contributed by atoms with Gasteiger partial charge in [0, 0.05) is 18.3 Å². The molecular weight excluding hydrogens is 272 g/mol. The number of aromatic nitrogens is 2. The highest BCUT2D eigenvalue weighted by Crippen LogP contribution is 2.21. The monoisotopic (exact) mass is 282 g/mol. The molecule has 18 heavy (non-hydrogen) atoms. The molecule has 0 fully saturated rings. The maximum absolute atomic E-state index is 11.8. The number of anilines is 1. The van der Waals surface area contributed by atoms with Crippen LogP contribution in [0.2, 0.25) is 4.34 Å². The van der Waals surface area contributed by atoms with Crippen LogP contribution in [0.4, 0.5) is 5.82 Å². The van der Waals surface area contributed by atoms with Crippen LogP contribution in [0.3, 0.4) is 0 Å². The molecule has 5 nitrogen and oxygen atoms in total. The highest BCUT2D eigenvalue weighted by Gasteiger charge is 2.09. The van der Waals surface area contributed by atoms with Crippen LogP contribution in [-0.2, 0) is 6.54 Å². The summed E-state index contributed by atoms with van der Waals surface area (Å²) in [5.74, 6) is 0.798. The molecule has 7 heteroatoms. The van der Waals surface area contributed by atoms with E-state index >= 15 is 0 Å². The number of nitrogens with one attached hydrogen (secondary N) is 1. The average Bonchev–Trinajstić information content (AvgIpc) is 2.74. The molecule has 0 saturated heterocycles. The van der Waals surface area contributed by atoms with Gasteiger partial charge < -0.3 is 11.1 Å². The molecule has 94 valence electrons. The van der Waals surface area contributed by atoms with E-state index in [-0.39, 0.29) is 5.91 Å². The minimum absolute atomic E-state index is 0.188. The van der Waals surface area contributed by atoms with Gasteiger partial charge in [-0.15, -0.1) is 11.3 Å². The second-order valence-electron chi connectivity index (χ2n) is 3.61. The third-order valence-corrected chi connectivity index (χ3v) is 3.48. The van der Waals surface area contributed by atoms with Crippen molar-refractivity contribution >= 4 is 34.7 Å². The van der Waals surface area contributed by atoms with Crippen molar-refractivity contribution in [1.29, 1.82) is 0 Å². The molecule has 2 aromatic rings. The topological polar surface area (TPSA) is 80.9 Å². The Kier molecular flexibility index (Phi) is 3.78. The molecule has 1 amide bonds. The third-order valence-electron chi connectivity index (χ3n) is 2.25.